The van der Waals surface area contributed by atoms with Crippen LogP contribution in [0.1, 0.15) is 17.4 Å². The molecule has 2 aromatic rings. The van der Waals surface area contributed by atoms with Crippen LogP contribution >= 0.6 is 0 Å². The summed E-state index contributed by atoms with van der Waals surface area (Å²) in [5.74, 6) is 0. The number of nitrogens with zero attached hydrogens (tertiary/aromatic N) is 1. The largest absolute Gasteiger partial charge is 0.352 e. The number of fused-ring (bicyclic) bond motifs is 1. The Morgan fingerprint density at radius 3 is 2.56 bits per heavy atom. The first-order chi connectivity index (χ1) is 7.74. The summed E-state index contributed by atoms with van der Waals surface area (Å²) in [6.45, 7) is 2.06. The van der Waals surface area contributed by atoms with Gasteiger partial charge in [0.15, 0.2) is 6.29 Å². The molecule has 84 valence electrons. The second-order valence-electron chi connectivity index (χ2n) is 3.77. The van der Waals surface area contributed by atoms with Gasteiger partial charge in [-0.15, -0.1) is 0 Å². The highest BCUT2D eigenvalue weighted by Crippen LogP contribution is 2.21. The van der Waals surface area contributed by atoms with Crippen LogP contribution in [0.2, 0.25) is 0 Å². The molecule has 1 heterocycles. The van der Waals surface area contributed by atoms with Gasteiger partial charge >= 0.3 is 0 Å². The van der Waals surface area contributed by atoms with Crippen LogP contribution in [0.3, 0.4) is 0 Å². The van der Waals surface area contributed by atoms with Gasteiger partial charge < -0.3 is 9.47 Å². The molecular weight excluding hydrogens is 202 g/mol. The summed E-state index contributed by atoms with van der Waals surface area (Å²) in [5.41, 5.74) is 3.14. The molecule has 16 heavy (non-hydrogen) atoms. The molecule has 3 nitrogen and oxygen atoms in total. The van der Waals surface area contributed by atoms with E-state index in [9.17, 15) is 0 Å². The third-order valence-corrected chi connectivity index (χ3v) is 2.56. The van der Waals surface area contributed by atoms with E-state index in [1.807, 2.05) is 6.07 Å². The Kier molecular flexibility index (Phi) is 3.17. The molecule has 0 bridgehead atoms. The molecule has 0 spiro atoms. The Labute approximate surface area is 95.0 Å². The normalized spacial score (nSPS) is 11.2. The molecule has 0 atom stereocenters. The number of benzene rings is 1. The number of methoxy groups -OCH3 is 2. The van der Waals surface area contributed by atoms with Crippen LogP contribution in [0.15, 0.2) is 30.5 Å². The zero-order chi connectivity index (χ0) is 11.5. The van der Waals surface area contributed by atoms with E-state index in [1.54, 1.807) is 20.4 Å². The van der Waals surface area contributed by atoms with Crippen molar-refractivity contribution in [3.05, 3.63) is 41.6 Å². The molecule has 1 aromatic carbocycles. The van der Waals surface area contributed by atoms with Gasteiger partial charge in [-0.2, -0.15) is 0 Å². The molecule has 2 rings (SSSR count). The molecule has 0 saturated heterocycles. The molecule has 0 aliphatic carbocycles. The third kappa shape index (κ3) is 2.05. The minimum Gasteiger partial charge on any atom is -0.352 e. The fourth-order valence-electron chi connectivity index (χ4n) is 1.75. The highest BCUT2D eigenvalue weighted by atomic mass is 16.7. The van der Waals surface area contributed by atoms with Gasteiger partial charge in [0.1, 0.15) is 0 Å². The minimum atomic E-state index is -0.349. The zero-order valence-electron chi connectivity index (χ0n) is 9.73. The fourth-order valence-corrected chi connectivity index (χ4v) is 1.75. The number of hydrogen-bond acceptors (Lipinski definition) is 3. The van der Waals surface area contributed by atoms with Crippen molar-refractivity contribution < 1.29 is 9.47 Å². The maximum atomic E-state index is 5.20. The van der Waals surface area contributed by atoms with E-state index >= 15 is 0 Å². The van der Waals surface area contributed by atoms with Crippen molar-refractivity contribution in [1.29, 1.82) is 0 Å². The Bertz CT molecular complexity index is 492. The van der Waals surface area contributed by atoms with Crippen molar-refractivity contribution in [2.24, 2.45) is 0 Å². The van der Waals surface area contributed by atoms with Crippen LogP contribution in [-0.2, 0) is 9.47 Å². The molecule has 0 amide bonds. The van der Waals surface area contributed by atoms with E-state index in [0.717, 1.165) is 16.5 Å². The predicted octanol–water partition coefficient (Wildman–Crippen LogP) is 2.83. The maximum absolute atomic E-state index is 5.20. The summed E-state index contributed by atoms with van der Waals surface area (Å²) in [4.78, 5) is 4.40. The molecule has 0 fully saturated rings. The molecule has 0 radical (unpaired) electrons. The van der Waals surface area contributed by atoms with Gasteiger partial charge in [0, 0.05) is 31.4 Å². The van der Waals surface area contributed by atoms with Crippen LogP contribution in [-0.4, -0.2) is 19.2 Å². The van der Waals surface area contributed by atoms with E-state index < -0.39 is 0 Å². The van der Waals surface area contributed by atoms with Gasteiger partial charge in [0.25, 0.3) is 0 Å². The van der Waals surface area contributed by atoms with E-state index in [-0.39, 0.29) is 6.29 Å². The second kappa shape index (κ2) is 4.60. The number of hydrogen-bond donors (Lipinski definition) is 0. The van der Waals surface area contributed by atoms with Crippen LogP contribution < -0.4 is 0 Å². The molecular formula is C13H15NO2. The summed E-state index contributed by atoms with van der Waals surface area (Å²) < 4.78 is 10.4. The minimum absolute atomic E-state index is 0.349. The van der Waals surface area contributed by atoms with Gasteiger partial charge in [-0.05, 0) is 24.6 Å². The molecule has 0 saturated carbocycles. The average molecular weight is 217 g/mol. The van der Waals surface area contributed by atoms with Gasteiger partial charge in [-0.1, -0.05) is 12.1 Å². The number of rotatable bonds is 3. The summed E-state index contributed by atoms with van der Waals surface area (Å²) in [7, 11) is 3.24. The maximum Gasteiger partial charge on any atom is 0.184 e. The molecule has 0 unspecified atom stereocenters. The van der Waals surface area contributed by atoms with E-state index in [0.29, 0.717) is 0 Å². The number of pyridine rings is 1. The molecule has 0 aliphatic rings. The lowest BCUT2D eigenvalue weighted by molar-refractivity contribution is -0.106. The molecule has 3 heteroatoms. The number of aromatic nitrogens is 1. The Hall–Kier alpha value is -1.45. The van der Waals surface area contributed by atoms with E-state index in [1.165, 1.54) is 5.56 Å². The lowest BCUT2D eigenvalue weighted by atomic mass is 10.1. The molecule has 0 N–H and O–H groups in total. The SMILES string of the molecule is COC(OC)c1cnc2cc(C)ccc2c1. The van der Waals surface area contributed by atoms with Crippen molar-refractivity contribution in [3.8, 4) is 0 Å². The molecule has 0 aliphatic heterocycles. The zero-order valence-corrected chi connectivity index (χ0v) is 9.73. The van der Waals surface area contributed by atoms with Crippen molar-refractivity contribution >= 4 is 10.9 Å². The summed E-state index contributed by atoms with van der Waals surface area (Å²) in [5, 5.41) is 1.10. The summed E-state index contributed by atoms with van der Waals surface area (Å²) >= 11 is 0. The highest BCUT2D eigenvalue weighted by Gasteiger charge is 2.09. The van der Waals surface area contributed by atoms with Gasteiger partial charge in [-0.3, -0.25) is 4.98 Å². The van der Waals surface area contributed by atoms with Crippen molar-refractivity contribution in [2.75, 3.05) is 14.2 Å². The number of ether oxygens (including phenoxy) is 2. The highest BCUT2D eigenvalue weighted by molar-refractivity contribution is 5.79. The van der Waals surface area contributed by atoms with Gasteiger partial charge in [0.2, 0.25) is 0 Å². The predicted molar refractivity (Wildman–Crippen MR) is 63.2 cm³/mol. The average Bonchev–Trinajstić information content (AvgIpc) is 2.31. The van der Waals surface area contributed by atoms with Gasteiger partial charge in [-0.25, -0.2) is 0 Å². The Morgan fingerprint density at radius 2 is 1.88 bits per heavy atom. The Morgan fingerprint density at radius 1 is 1.12 bits per heavy atom. The fraction of sp³-hybridized carbons (Fsp3) is 0.308. The standard InChI is InChI=1S/C13H15NO2/c1-9-4-5-10-7-11(13(15-2)16-3)8-14-12(10)6-9/h4-8,13H,1-3H3. The van der Waals surface area contributed by atoms with E-state index in [2.05, 4.69) is 30.1 Å². The van der Waals surface area contributed by atoms with Gasteiger partial charge in [0.05, 0.1) is 5.52 Å². The summed E-state index contributed by atoms with van der Waals surface area (Å²) in [6.07, 6.45) is 1.44. The van der Waals surface area contributed by atoms with Crippen LogP contribution in [0, 0.1) is 6.92 Å². The van der Waals surface area contributed by atoms with Crippen molar-refractivity contribution in [1.82, 2.24) is 4.98 Å². The van der Waals surface area contributed by atoms with Crippen LogP contribution in [0.5, 0.6) is 0 Å². The summed E-state index contributed by atoms with van der Waals surface area (Å²) in [6, 6.07) is 8.24. The lowest BCUT2D eigenvalue weighted by Gasteiger charge is -2.13. The van der Waals surface area contributed by atoms with E-state index in [4.69, 9.17) is 9.47 Å². The molecule has 1 aromatic heterocycles. The first-order valence-corrected chi connectivity index (χ1v) is 5.16. The monoisotopic (exact) mass is 217 g/mol. The first kappa shape index (κ1) is 11.0. The topological polar surface area (TPSA) is 31.4 Å². The Balaban J connectivity index is 2.47. The quantitative estimate of drug-likeness (QED) is 0.741. The number of aryl methyl sites for hydroxylation is 1. The first-order valence-electron chi connectivity index (χ1n) is 5.16. The van der Waals surface area contributed by atoms with Crippen LogP contribution in [0.4, 0.5) is 0 Å². The van der Waals surface area contributed by atoms with Crippen molar-refractivity contribution in [2.45, 2.75) is 13.2 Å². The van der Waals surface area contributed by atoms with Crippen molar-refractivity contribution in [3.63, 3.8) is 0 Å². The second-order valence-corrected chi connectivity index (χ2v) is 3.77. The smallest absolute Gasteiger partial charge is 0.184 e. The van der Waals surface area contributed by atoms with Crippen LogP contribution in [0.25, 0.3) is 10.9 Å². The lowest BCUT2D eigenvalue weighted by Crippen LogP contribution is -2.03. The third-order valence-electron chi connectivity index (χ3n) is 2.56.